The Kier molecular flexibility index (Phi) is 5.87. The molecule has 1 amide bonds. The summed E-state index contributed by atoms with van der Waals surface area (Å²) in [6.07, 6.45) is 5.17. The van der Waals surface area contributed by atoms with E-state index in [0.29, 0.717) is 5.92 Å². The van der Waals surface area contributed by atoms with E-state index in [2.05, 4.69) is 46.3 Å². The van der Waals surface area contributed by atoms with Gasteiger partial charge in [-0.3, -0.25) is 14.4 Å². The minimum absolute atomic E-state index is 0.173. The largest absolute Gasteiger partial charge is 0.340 e. The molecule has 174 valence electrons. The van der Waals surface area contributed by atoms with Crippen molar-refractivity contribution in [2.45, 2.75) is 52.7 Å². The second-order valence-corrected chi connectivity index (χ2v) is 9.89. The first-order valence-corrected chi connectivity index (χ1v) is 12.2. The van der Waals surface area contributed by atoms with Gasteiger partial charge in [0, 0.05) is 74.9 Å². The predicted molar refractivity (Wildman–Crippen MR) is 132 cm³/mol. The standard InChI is InChI=1S/C27H35N5O/c1-5-11-32-25-7-6-21(27(33)31-13-8-19(2)9-14-31)16-23(25)24-18-30(12-10-26(24)32)17-22-15-20(3)28-29(22)4/h5-7,15-16,19H,1,8-14,17-18H2,2-4H3. The normalized spacial score (nSPS) is 17.5. The lowest BCUT2D eigenvalue weighted by molar-refractivity contribution is 0.0697. The fraction of sp³-hybridized carbons (Fsp3) is 0.481. The Bertz CT molecular complexity index is 1200. The fourth-order valence-electron chi connectivity index (χ4n) is 5.55. The van der Waals surface area contributed by atoms with Crippen molar-refractivity contribution >= 4 is 16.8 Å². The van der Waals surface area contributed by atoms with Crippen LogP contribution in [-0.2, 0) is 33.1 Å². The van der Waals surface area contributed by atoms with Crippen molar-refractivity contribution in [2.75, 3.05) is 19.6 Å². The number of carbonyl (C=O) groups is 1. The highest BCUT2D eigenvalue weighted by Gasteiger charge is 2.26. The molecule has 33 heavy (non-hydrogen) atoms. The zero-order valence-corrected chi connectivity index (χ0v) is 20.2. The van der Waals surface area contributed by atoms with Gasteiger partial charge >= 0.3 is 0 Å². The lowest BCUT2D eigenvalue weighted by atomic mass is 9.98. The second-order valence-electron chi connectivity index (χ2n) is 9.89. The summed E-state index contributed by atoms with van der Waals surface area (Å²) in [5.74, 6) is 0.887. The molecule has 0 N–H and O–H groups in total. The number of amides is 1. The lowest BCUT2D eigenvalue weighted by Gasteiger charge is -2.30. The van der Waals surface area contributed by atoms with Gasteiger partial charge in [-0.1, -0.05) is 13.0 Å². The van der Waals surface area contributed by atoms with Crippen molar-refractivity contribution in [1.82, 2.24) is 24.1 Å². The van der Waals surface area contributed by atoms with Crippen LogP contribution in [0.15, 0.2) is 36.9 Å². The summed E-state index contributed by atoms with van der Waals surface area (Å²) < 4.78 is 4.38. The van der Waals surface area contributed by atoms with Crippen LogP contribution in [0.1, 0.15) is 52.8 Å². The highest BCUT2D eigenvalue weighted by molar-refractivity contribution is 5.99. The number of allylic oxidation sites excluding steroid dienone is 1. The van der Waals surface area contributed by atoms with Gasteiger partial charge in [0.05, 0.1) is 11.4 Å². The Balaban J connectivity index is 1.47. The Labute approximate surface area is 196 Å². The van der Waals surface area contributed by atoms with Crippen molar-refractivity contribution in [3.05, 3.63) is 65.1 Å². The molecule has 0 radical (unpaired) electrons. The monoisotopic (exact) mass is 445 g/mol. The van der Waals surface area contributed by atoms with E-state index in [-0.39, 0.29) is 5.91 Å². The number of hydrogen-bond donors (Lipinski definition) is 0. The summed E-state index contributed by atoms with van der Waals surface area (Å²) in [4.78, 5) is 17.8. The van der Waals surface area contributed by atoms with Gasteiger partial charge in [0.2, 0.25) is 0 Å². The van der Waals surface area contributed by atoms with Gasteiger partial charge in [0.25, 0.3) is 5.91 Å². The van der Waals surface area contributed by atoms with E-state index in [0.717, 1.165) is 69.8 Å². The van der Waals surface area contributed by atoms with Crippen LogP contribution >= 0.6 is 0 Å². The van der Waals surface area contributed by atoms with Crippen LogP contribution in [0.3, 0.4) is 0 Å². The number of aromatic nitrogens is 3. The third-order valence-electron chi connectivity index (χ3n) is 7.45. The van der Waals surface area contributed by atoms with E-state index in [4.69, 9.17) is 0 Å². The van der Waals surface area contributed by atoms with E-state index < -0.39 is 0 Å². The topological polar surface area (TPSA) is 46.3 Å². The maximum atomic E-state index is 13.3. The first-order chi connectivity index (χ1) is 15.9. The average molecular weight is 446 g/mol. The Morgan fingerprint density at radius 1 is 1.21 bits per heavy atom. The van der Waals surface area contributed by atoms with Gasteiger partial charge in [-0.15, -0.1) is 6.58 Å². The summed E-state index contributed by atoms with van der Waals surface area (Å²) >= 11 is 0. The molecule has 5 rings (SSSR count). The summed E-state index contributed by atoms with van der Waals surface area (Å²) in [5, 5.41) is 5.73. The van der Waals surface area contributed by atoms with Gasteiger partial charge in [0.1, 0.15) is 0 Å². The van der Waals surface area contributed by atoms with Gasteiger partial charge < -0.3 is 9.47 Å². The Hall–Kier alpha value is -2.86. The minimum atomic E-state index is 0.173. The van der Waals surface area contributed by atoms with E-state index in [1.54, 1.807) is 0 Å². The number of carbonyl (C=O) groups excluding carboxylic acids is 1. The highest BCUT2D eigenvalue weighted by atomic mass is 16.2. The third-order valence-corrected chi connectivity index (χ3v) is 7.45. The summed E-state index contributed by atoms with van der Waals surface area (Å²) in [6.45, 7) is 13.6. The molecule has 0 aliphatic carbocycles. The van der Waals surface area contributed by atoms with Crippen LogP contribution in [0.5, 0.6) is 0 Å². The molecule has 1 fully saturated rings. The first kappa shape index (κ1) is 22.0. The van der Waals surface area contributed by atoms with Gasteiger partial charge in [-0.2, -0.15) is 5.10 Å². The minimum Gasteiger partial charge on any atom is -0.340 e. The zero-order valence-electron chi connectivity index (χ0n) is 20.2. The molecule has 4 heterocycles. The summed E-state index contributed by atoms with van der Waals surface area (Å²) in [5.41, 5.74) is 7.07. The second kappa shape index (κ2) is 8.82. The van der Waals surface area contributed by atoms with E-state index in [1.165, 1.54) is 27.9 Å². The number of fused-ring (bicyclic) bond motifs is 3. The molecular formula is C27H35N5O. The number of benzene rings is 1. The smallest absolute Gasteiger partial charge is 0.253 e. The number of likely N-dealkylation sites (tertiary alicyclic amines) is 1. The Morgan fingerprint density at radius 2 is 2.00 bits per heavy atom. The molecule has 6 heteroatoms. The summed E-state index contributed by atoms with van der Waals surface area (Å²) in [6, 6.07) is 8.48. The van der Waals surface area contributed by atoms with Crippen LogP contribution in [0.25, 0.3) is 10.9 Å². The molecule has 0 bridgehead atoms. The van der Waals surface area contributed by atoms with Crippen molar-refractivity contribution in [3.8, 4) is 0 Å². The molecule has 6 nitrogen and oxygen atoms in total. The van der Waals surface area contributed by atoms with E-state index in [1.807, 2.05) is 35.7 Å². The SMILES string of the molecule is C=CCn1c2c(c3cc(C(=O)N4CCC(C)CC4)ccc31)CN(Cc1cc(C)nn1C)CC2. The molecule has 2 aliphatic heterocycles. The van der Waals surface area contributed by atoms with Crippen LogP contribution in [0.2, 0.25) is 0 Å². The average Bonchev–Trinajstić information content (AvgIpc) is 3.29. The van der Waals surface area contributed by atoms with Crippen molar-refractivity contribution in [1.29, 1.82) is 0 Å². The van der Waals surface area contributed by atoms with Crippen LogP contribution in [0, 0.1) is 12.8 Å². The number of aryl methyl sites for hydroxylation is 2. The van der Waals surface area contributed by atoms with Crippen molar-refractivity contribution in [3.63, 3.8) is 0 Å². The van der Waals surface area contributed by atoms with E-state index >= 15 is 0 Å². The fourth-order valence-corrected chi connectivity index (χ4v) is 5.55. The highest BCUT2D eigenvalue weighted by Crippen LogP contribution is 2.33. The molecule has 1 saturated heterocycles. The quantitative estimate of drug-likeness (QED) is 0.550. The van der Waals surface area contributed by atoms with Crippen molar-refractivity contribution < 1.29 is 4.79 Å². The van der Waals surface area contributed by atoms with Crippen LogP contribution in [-0.4, -0.2) is 49.7 Å². The number of piperidine rings is 1. The first-order valence-electron chi connectivity index (χ1n) is 12.2. The molecule has 0 atom stereocenters. The van der Waals surface area contributed by atoms with Gasteiger partial charge in [-0.25, -0.2) is 0 Å². The number of rotatable bonds is 5. The maximum Gasteiger partial charge on any atom is 0.253 e. The molecule has 0 spiro atoms. The molecular weight excluding hydrogens is 410 g/mol. The molecule has 2 aliphatic rings. The number of nitrogens with zero attached hydrogens (tertiary/aromatic N) is 5. The third kappa shape index (κ3) is 4.12. The van der Waals surface area contributed by atoms with E-state index in [9.17, 15) is 4.79 Å². The van der Waals surface area contributed by atoms with Gasteiger partial charge in [-0.05, 0) is 55.5 Å². The maximum absolute atomic E-state index is 13.3. The molecule has 0 saturated carbocycles. The number of hydrogen-bond acceptors (Lipinski definition) is 3. The van der Waals surface area contributed by atoms with Crippen LogP contribution < -0.4 is 0 Å². The molecule has 2 aromatic heterocycles. The Morgan fingerprint density at radius 3 is 2.70 bits per heavy atom. The zero-order chi connectivity index (χ0) is 23.1. The molecule has 1 aromatic carbocycles. The predicted octanol–water partition coefficient (Wildman–Crippen LogP) is 4.30. The lowest BCUT2D eigenvalue weighted by Crippen LogP contribution is -2.37. The van der Waals surface area contributed by atoms with Gasteiger partial charge in [0.15, 0.2) is 0 Å². The summed E-state index contributed by atoms with van der Waals surface area (Å²) in [7, 11) is 2.02. The molecule has 0 unspecified atom stereocenters. The van der Waals surface area contributed by atoms with Crippen LogP contribution in [0.4, 0.5) is 0 Å². The molecule has 3 aromatic rings. The van der Waals surface area contributed by atoms with Crippen molar-refractivity contribution in [2.24, 2.45) is 13.0 Å².